The zero-order chi connectivity index (χ0) is 19.6. The van der Waals surface area contributed by atoms with Gasteiger partial charge >= 0.3 is 12.1 Å². The van der Waals surface area contributed by atoms with Crippen LogP contribution in [0.3, 0.4) is 0 Å². The molecule has 1 atom stereocenters. The number of esters is 1. The van der Waals surface area contributed by atoms with E-state index < -0.39 is 23.7 Å². The van der Waals surface area contributed by atoms with Crippen LogP contribution in [0.1, 0.15) is 26.3 Å². The van der Waals surface area contributed by atoms with Crippen molar-refractivity contribution in [2.45, 2.75) is 38.8 Å². The van der Waals surface area contributed by atoms with E-state index in [2.05, 4.69) is 17.2 Å². The molecular weight excluding hydrogens is 334 g/mol. The Bertz CT molecular complexity index is 689. The Labute approximate surface area is 154 Å². The maximum atomic E-state index is 12.2. The zero-order valence-corrected chi connectivity index (χ0v) is 15.2. The van der Waals surface area contributed by atoms with Crippen LogP contribution in [0.2, 0.25) is 0 Å². The third-order valence-electron chi connectivity index (χ3n) is 2.96. The van der Waals surface area contributed by atoms with Crippen LogP contribution in [0.25, 0.3) is 0 Å². The molecule has 0 bridgehead atoms. The summed E-state index contributed by atoms with van der Waals surface area (Å²) < 4.78 is 15.4. The summed E-state index contributed by atoms with van der Waals surface area (Å²) in [5, 5.41) is 2.52. The number of hydrogen-bond acceptors (Lipinski definition) is 5. The van der Waals surface area contributed by atoms with Crippen LogP contribution in [0.5, 0.6) is 5.75 Å². The predicted octanol–water partition coefficient (Wildman–Crippen LogP) is 2.31. The number of amides is 1. The fraction of sp³-hybridized carbons (Fsp3) is 0.400. The SMILES string of the molecule is C#CCOC(=O)C(Cc1ccc(OCC#C)cc1)NC(=O)OC(C)(C)C. The molecule has 1 rings (SSSR count). The number of hydrogen-bond donors (Lipinski definition) is 1. The van der Waals surface area contributed by atoms with Crippen molar-refractivity contribution < 1.29 is 23.8 Å². The number of benzene rings is 1. The molecule has 26 heavy (non-hydrogen) atoms. The number of rotatable bonds is 7. The predicted molar refractivity (Wildman–Crippen MR) is 97.4 cm³/mol. The lowest BCUT2D eigenvalue weighted by Gasteiger charge is -2.23. The minimum absolute atomic E-state index is 0.167. The maximum absolute atomic E-state index is 12.2. The molecule has 0 radical (unpaired) electrons. The van der Waals surface area contributed by atoms with E-state index in [0.717, 1.165) is 5.56 Å². The minimum atomic E-state index is -0.935. The normalized spacial score (nSPS) is 11.4. The molecule has 0 aliphatic rings. The quantitative estimate of drug-likeness (QED) is 0.599. The highest BCUT2D eigenvalue weighted by Crippen LogP contribution is 2.14. The highest BCUT2D eigenvalue weighted by molar-refractivity contribution is 5.81. The molecule has 1 aromatic rings. The Kier molecular flexibility index (Phi) is 8.05. The van der Waals surface area contributed by atoms with Crippen LogP contribution in [0.15, 0.2) is 24.3 Å². The average molecular weight is 357 g/mol. The summed E-state index contributed by atoms with van der Waals surface area (Å²) >= 11 is 0. The van der Waals surface area contributed by atoms with E-state index in [4.69, 9.17) is 27.1 Å². The van der Waals surface area contributed by atoms with Gasteiger partial charge in [0.25, 0.3) is 0 Å². The second kappa shape index (κ2) is 10.0. The number of carbonyl (C=O) groups is 2. The van der Waals surface area contributed by atoms with E-state index in [1.807, 2.05) is 0 Å². The molecular formula is C20H23NO5. The topological polar surface area (TPSA) is 73.9 Å². The molecule has 0 saturated carbocycles. The van der Waals surface area contributed by atoms with Crippen LogP contribution in [-0.4, -0.2) is 36.9 Å². The first-order chi connectivity index (χ1) is 12.2. The second-order valence-corrected chi connectivity index (χ2v) is 6.35. The number of carbonyl (C=O) groups excluding carboxylic acids is 2. The van der Waals surface area contributed by atoms with Gasteiger partial charge in [0.1, 0.15) is 24.0 Å². The van der Waals surface area contributed by atoms with E-state index in [-0.39, 0.29) is 19.6 Å². The van der Waals surface area contributed by atoms with Crippen LogP contribution in [0, 0.1) is 24.7 Å². The lowest BCUT2D eigenvalue weighted by molar-refractivity contribution is -0.144. The Hall–Kier alpha value is -3.12. The molecule has 6 nitrogen and oxygen atoms in total. The van der Waals surface area contributed by atoms with Crippen molar-refractivity contribution in [3.8, 4) is 30.4 Å². The molecule has 138 valence electrons. The summed E-state index contributed by atoms with van der Waals surface area (Å²) in [7, 11) is 0. The minimum Gasteiger partial charge on any atom is -0.481 e. The summed E-state index contributed by atoms with van der Waals surface area (Å²) in [5.41, 5.74) is 0.102. The first kappa shape index (κ1) is 20.9. The van der Waals surface area contributed by atoms with Gasteiger partial charge in [0, 0.05) is 6.42 Å². The van der Waals surface area contributed by atoms with Gasteiger partial charge in [-0.05, 0) is 38.5 Å². The van der Waals surface area contributed by atoms with Gasteiger partial charge in [0.15, 0.2) is 6.61 Å². The Morgan fingerprint density at radius 3 is 2.27 bits per heavy atom. The molecule has 0 heterocycles. The third-order valence-corrected chi connectivity index (χ3v) is 2.96. The molecule has 6 heteroatoms. The summed E-state index contributed by atoms with van der Waals surface area (Å²) in [6.45, 7) is 5.18. The molecule has 1 N–H and O–H groups in total. The Morgan fingerprint density at radius 2 is 1.73 bits per heavy atom. The van der Waals surface area contributed by atoms with E-state index in [1.54, 1.807) is 45.0 Å². The van der Waals surface area contributed by atoms with Gasteiger partial charge in [-0.15, -0.1) is 12.8 Å². The molecule has 0 fully saturated rings. The van der Waals surface area contributed by atoms with Crippen molar-refractivity contribution >= 4 is 12.1 Å². The highest BCUT2D eigenvalue weighted by Gasteiger charge is 2.25. The van der Waals surface area contributed by atoms with Crippen molar-refractivity contribution in [1.29, 1.82) is 0 Å². The third kappa shape index (κ3) is 8.12. The fourth-order valence-corrected chi connectivity index (χ4v) is 1.94. The van der Waals surface area contributed by atoms with Crippen molar-refractivity contribution in [2.75, 3.05) is 13.2 Å². The van der Waals surface area contributed by atoms with Crippen molar-refractivity contribution in [3.05, 3.63) is 29.8 Å². The largest absolute Gasteiger partial charge is 0.481 e. The summed E-state index contributed by atoms with van der Waals surface area (Å²) in [5.74, 6) is 4.56. The lowest BCUT2D eigenvalue weighted by Crippen LogP contribution is -2.45. The first-order valence-corrected chi connectivity index (χ1v) is 8.00. The molecule has 0 aliphatic heterocycles. The molecule has 1 aromatic carbocycles. The first-order valence-electron chi connectivity index (χ1n) is 8.00. The monoisotopic (exact) mass is 357 g/mol. The van der Waals surface area contributed by atoms with Crippen LogP contribution < -0.4 is 10.1 Å². The van der Waals surface area contributed by atoms with Crippen molar-refractivity contribution in [2.24, 2.45) is 0 Å². The lowest BCUT2D eigenvalue weighted by atomic mass is 10.1. The smallest absolute Gasteiger partial charge is 0.408 e. The van der Waals surface area contributed by atoms with Crippen molar-refractivity contribution in [3.63, 3.8) is 0 Å². The number of nitrogens with one attached hydrogen (secondary N) is 1. The molecule has 0 spiro atoms. The van der Waals surface area contributed by atoms with Crippen LogP contribution in [0.4, 0.5) is 4.79 Å². The van der Waals surface area contributed by atoms with Gasteiger partial charge in [-0.25, -0.2) is 9.59 Å². The number of terminal acetylenes is 2. The fourth-order valence-electron chi connectivity index (χ4n) is 1.94. The molecule has 1 amide bonds. The number of alkyl carbamates (subject to hydrolysis) is 1. The van der Waals surface area contributed by atoms with Crippen molar-refractivity contribution in [1.82, 2.24) is 5.32 Å². The summed E-state index contributed by atoms with van der Waals surface area (Å²) in [6, 6.07) is 6.05. The molecule has 0 saturated heterocycles. The highest BCUT2D eigenvalue weighted by atomic mass is 16.6. The van der Waals surface area contributed by atoms with Gasteiger partial charge < -0.3 is 19.5 Å². The average Bonchev–Trinajstić information content (AvgIpc) is 2.56. The van der Waals surface area contributed by atoms with Crippen LogP contribution >= 0.6 is 0 Å². The van der Waals surface area contributed by atoms with Gasteiger partial charge in [0.2, 0.25) is 0 Å². The number of ether oxygens (including phenoxy) is 3. The standard InChI is InChI=1S/C20H23NO5/c1-6-12-24-16-10-8-15(9-11-16)14-17(18(22)25-13-7-2)21-19(23)26-20(3,4)5/h1-2,8-11,17H,12-14H2,3-5H3,(H,21,23). The Morgan fingerprint density at radius 1 is 1.12 bits per heavy atom. The molecule has 1 unspecified atom stereocenters. The molecule has 0 aliphatic carbocycles. The summed E-state index contributed by atoms with van der Waals surface area (Å²) in [4.78, 5) is 24.2. The zero-order valence-electron chi connectivity index (χ0n) is 15.2. The van der Waals surface area contributed by atoms with Gasteiger partial charge in [-0.3, -0.25) is 0 Å². The Balaban J connectivity index is 2.81. The maximum Gasteiger partial charge on any atom is 0.408 e. The second-order valence-electron chi connectivity index (χ2n) is 6.35. The van der Waals surface area contributed by atoms with E-state index in [9.17, 15) is 9.59 Å². The van der Waals surface area contributed by atoms with Gasteiger partial charge in [0.05, 0.1) is 0 Å². The van der Waals surface area contributed by atoms with Crippen LogP contribution in [-0.2, 0) is 20.7 Å². The molecule has 0 aromatic heterocycles. The summed E-state index contributed by atoms with van der Waals surface area (Å²) in [6.07, 6.45) is 9.74. The van der Waals surface area contributed by atoms with E-state index in [1.165, 1.54) is 0 Å². The van der Waals surface area contributed by atoms with Gasteiger partial charge in [-0.2, -0.15) is 0 Å². The van der Waals surface area contributed by atoms with E-state index in [0.29, 0.717) is 5.75 Å². The van der Waals surface area contributed by atoms with Gasteiger partial charge in [-0.1, -0.05) is 24.0 Å². The van der Waals surface area contributed by atoms with E-state index >= 15 is 0 Å².